The Balaban J connectivity index is 2.45. The fourth-order valence-electron chi connectivity index (χ4n) is 2.86. The van der Waals surface area contributed by atoms with E-state index in [9.17, 15) is 32.1 Å². The molecule has 0 atom stereocenters. The summed E-state index contributed by atoms with van der Waals surface area (Å²) < 4.78 is 43.2. The Bertz CT molecular complexity index is 1370. The fraction of sp³-hybridized carbons (Fsp3) is 0. The number of benzene rings is 2. The number of ether oxygens (including phenoxy) is 2. The van der Waals surface area contributed by atoms with Gasteiger partial charge in [-0.1, -0.05) is 37.4 Å². The summed E-state index contributed by atoms with van der Waals surface area (Å²) in [6.45, 7) is 6.60. The van der Waals surface area contributed by atoms with Crippen LogP contribution in [0.25, 0.3) is 0 Å². The molecule has 0 aliphatic heterocycles. The first-order valence-corrected chi connectivity index (χ1v) is 11.4. The second-order valence-corrected chi connectivity index (χ2v) is 9.53. The highest BCUT2D eigenvalue weighted by Gasteiger charge is 2.39. The van der Waals surface area contributed by atoms with Crippen molar-refractivity contribution in [2.75, 3.05) is 0 Å². The lowest BCUT2D eigenvalue weighted by molar-refractivity contribution is -0.132. The lowest BCUT2D eigenvalue weighted by Gasteiger charge is -2.23. The molecule has 12 heteroatoms. The van der Waals surface area contributed by atoms with Crippen molar-refractivity contribution in [3.8, 4) is 11.5 Å². The van der Waals surface area contributed by atoms with E-state index in [0.29, 0.717) is 6.07 Å². The van der Waals surface area contributed by atoms with E-state index >= 15 is 0 Å². The first-order valence-electron chi connectivity index (χ1n) is 8.34. The average Bonchev–Trinajstić information content (AvgIpc) is 2.71. The smallest absolute Gasteiger partial charge is 0.350 e. The molecule has 1 aliphatic carbocycles. The predicted octanol–water partition coefficient (Wildman–Crippen LogP) is 3.34. The second-order valence-electron chi connectivity index (χ2n) is 6.22. The Morgan fingerprint density at radius 1 is 0.844 bits per heavy atom. The quantitative estimate of drug-likeness (QED) is 0.206. The summed E-state index contributed by atoms with van der Waals surface area (Å²) >= 11 is 5.54. The first-order chi connectivity index (χ1) is 14.8. The van der Waals surface area contributed by atoms with Gasteiger partial charge in [-0.25, -0.2) is 9.59 Å². The van der Waals surface area contributed by atoms with Gasteiger partial charge in [0.2, 0.25) is 0 Å². The number of hydrogen-bond acceptors (Lipinski definition) is 8. The van der Waals surface area contributed by atoms with Crippen molar-refractivity contribution in [1.82, 2.24) is 0 Å². The molecule has 9 nitrogen and oxygen atoms in total. The number of rotatable bonds is 5. The van der Waals surface area contributed by atoms with Gasteiger partial charge in [0.05, 0.1) is 14.5 Å². The molecule has 32 heavy (non-hydrogen) atoms. The van der Waals surface area contributed by atoms with Gasteiger partial charge in [0.15, 0.2) is 23.1 Å². The van der Waals surface area contributed by atoms with Crippen LogP contribution in [0.2, 0.25) is 0 Å². The van der Waals surface area contributed by atoms with Crippen LogP contribution >= 0.6 is 31.9 Å². The predicted molar refractivity (Wildman–Crippen MR) is 117 cm³/mol. The van der Waals surface area contributed by atoms with E-state index < -0.39 is 61.1 Å². The van der Waals surface area contributed by atoms with Gasteiger partial charge >= 0.3 is 11.9 Å². The topological polar surface area (TPSA) is 141 Å². The minimum Gasteiger partial charge on any atom is -0.418 e. The Morgan fingerprint density at radius 3 is 1.78 bits per heavy atom. The molecule has 1 N–H and O–H groups in total. The van der Waals surface area contributed by atoms with E-state index in [4.69, 9.17) is 9.47 Å². The number of halogens is 2. The number of fused-ring (bicyclic) bond motifs is 2. The molecule has 0 saturated heterocycles. The molecule has 0 radical (unpaired) electrons. The first kappa shape index (κ1) is 23.7. The summed E-state index contributed by atoms with van der Waals surface area (Å²) in [6, 6.07) is 6.34. The standard InChI is InChI=1S/C20H10Br2O9S/c1-8(21)19(25)30-17-13(32(27,28)29)7-12-14(18(17)31-20(26)9(2)22)16(24)11-6-4-3-5-10(11)15(12)23/h3-7H,1-2H2,(H,27,28,29). The summed E-state index contributed by atoms with van der Waals surface area (Å²) in [5, 5.41) is 0. The van der Waals surface area contributed by atoms with Gasteiger partial charge in [-0.05, 0) is 37.9 Å². The van der Waals surface area contributed by atoms with Crippen molar-refractivity contribution in [2.24, 2.45) is 0 Å². The van der Waals surface area contributed by atoms with Crippen molar-refractivity contribution in [2.45, 2.75) is 4.90 Å². The molecule has 0 heterocycles. The summed E-state index contributed by atoms with van der Waals surface area (Å²) in [5.41, 5.74) is -1.11. The Morgan fingerprint density at radius 2 is 1.31 bits per heavy atom. The van der Waals surface area contributed by atoms with Crippen LogP contribution < -0.4 is 9.47 Å². The van der Waals surface area contributed by atoms with E-state index in [1.807, 2.05) is 0 Å². The molecule has 0 aromatic heterocycles. The van der Waals surface area contributed by atoms with E-state index in [1.165, 1.54) is 24.3 Å². The molecule has 2 aromatic carbocycles. The van der Waals surface area contributed by atoms with Gasteiger partial charge in [-0.15, -0.1) is 0 Å². The lowest BCUT2D eigenvalue weighted by atomic mass is 9.83. The SMILES string of the molecule is C=C(Br)C(=O)Oc1c(S(=O)(=O)O)cc2c(c1OC(=O)C(=C)Br)C(=O)c1ccccc1C2=O. The van der Waals surface area contributed by atoms with E-state index in [1.54, 1.807) is 0 Å². The minimum absolute atomic E-state index is 0.0351. The third-order valence-electron chi connectivity index (χ3n) is 4.20. The van der Waals surface area contributed by atoms with Crippen molar-refractivity contribution < 1.29 is 41.6 Å². The molecule has 0 saturated carbocycles. The van der Waals surface area contributed by atoms with Gasteiger partial charge in [0.1, 0.15) is 4.90 Å². The molecule has 0 unspecified atom stereocenters. The zero-order valence-corrected chi connectivity index (χ0v) is 19.7. The fourth-order valence-corrected chi connectivity index (χ4v) is 3.66. The van der Waals surface area contributed by atoms with Gasteiger partial charge in [-0.2, -0.15) is 8.42 Å². The highest BCUT2D eigenvalue weighted by atomic mass is 79.9. The maximum atomic E-state index is 13.2. The molecule has 3 rings (SSSR count). The van der Waals surface area contributed by atoms with Crippen molar-refractivity contribution in [3.63, 3.8) is 0 Å². The minimum atomic E-state index is -5.15. The number of ketones is 2. The van der Waals surface area contributed by atoms with Gasteiger partial charge < -0.3 is 9.47 Å². The molecular formula is C20H10Br2O9S. The van der Waals surface area contributed by atoms with E-state index in [2.05, 4.69) is 45.0 Å². The van der Waals surface area contributed by atoms with Crippen LogP contribution in [-0.4, -0.2) is 36.5 Å². The maximum absolute atomic E-state index is 13.2. The molecule has 2 aromatic rings. The van der Waals surface area contributed by atoms with Crippen molar-refractivity contribution in [3.05, 3.63) is 74.7 Å². The monoisotopic (exact) mass is 584 g/mol. The Labute approximate surface area is 197 Å². The highest BCUT2D eigenvalue weighted by molar-refractivity contribution is 9.12. The van der Waals surface area contributed by atoms with Crippen LogP contribution in [0, 0.1) is 0 Å². The number of esters is 2. The van der Waals surface area contributed by atoms with Crippen LogP contribution in [-0.2, 0) is 19.7 Å². The van der Waals surface area contributed by atoms with Gasteiger partial charge in [0.25, 0.3) is 10.1 Å². The molecule has 0 fully saturated rings. The number of hydrogen-bond donors (Lipinski definition) is 1. The van der Waals surface area contributed by atoms with Crippen molar-refractivity contribution >= 4 is 65.5 Å². The lowest BCUT2D eigenvalue weighted by Crippen LogP contribution is -2.25. The zero-order valence-electron chi connectivity index (χ0n) is 15.7. The van der Waals surface area contributed by atoms with Crippen LogP contribution in [0.3, 0.4) is 0 Å². The number of carbonyl (C=O) groups excluding carboxylic acids is 4. The third kappa shape index (κ3) is 4.21. The van der Waals surface area contributed by atoms with E-state index in [-0.39, 0.29) is 20.1 Å². The Hall–Kier alpha value is -2.93. The van der Waals surface area contributed by atoms with E-state index in [0.717, 1.165) is 0 Å². The molecule has 0 spiro atoms. The van der Waals surface area contributed by atoms with Crippen LogP contribution in [0.5, 0.6) is 11.5 Å². The molecule has 0 amide bonds. The average molecular weight is 586 g/mol. The maximum Gasteiger partial charge on any atom is 0.350 e. The molecular weight excluding hydrogens is 576 g/mol. The molecule has 0 bridgehead atoms. The van der Waals surface area contributed by atoms with Crippen LogP contribution in [0.1, 0.15) is 31.8 Å². The summed E-state index contributed by atoms with van der Waals surface area (Å²) in [4.78, 5) is 49.5. The molecule has 1 aliphatic rings. The molecule has 164 valence electrons. The van der Waals surface area contributed by atoms with Crippen LogP contribution in [0.15, 0.2) is 57.3 Å². The third-order valence-corrected chi connectivity index (χ3v) is 5.71. The largest absolute Gasteiger partial charge is 0.418 e. The zero-order chi connectivity index (χ0) is 24.0. The summed E-state index contributed by atoms with van der Waals surface area (Å²) in [6.07, 6.45) is 0. The summed E-state index contributed by atoms with van der Waals surface area (Å²) in [7, 11) is -5.15. The van der Waals surface area contributed by atoms with Crippen LogP contribution in [0.4, 0.5) is 0 Å². The Kier molecular flexibility index (Phi) is 6.33. The summed E-state index contributed by atoms with van der Waals surface area (Å²) in [5.74, 6) is -5.85. The number of carbonyl (C=O) groups is 4. The highest BCUT2D eigenvalue weighted by Crippen LogP contribution is 2.44. The van der Waals surface area contributed by atoms with Gasteiger partial charge in [0, 0.05) is 16.7 Å². The normalized spacial score (nSPS) is 12.5. The van der Waals surface area contributed by atoms with Crippen molar-refractivity contribution in [1.29, 1.82) is 0 Å². The second kappa shape index (κ2) is 8.54. The van der Waals surface area contributed by atoms with Gasteiger partial charge in [-0.3, -0.25) is 14.1 Å².